The molecule has 1 aromatic carbocycles. The minimum Gasteiger partial charge on any atom is -0.336 e. The van der Waals surface area contributed by atoms with Gasteiger partial charge in [0.25, 0.3) is 0 Å². The Labute approximate surface area is 164 Å². The second kappa shape index (κ2) is 8.36. The molecular weight excluding hydrogens is 391 g/mol. The monoisotopic (exact) mass is 406 g/mol. The molecule has 2 heterocycles. The summed E-state index contributed by atoms with van der Waals surface area (Å²) in [6.07, 6.45) is 1.65. The van der Waals surface area contributed by atoms with Gasteiger partial charge in [-0.1, -0.05) is 41.6 Å². The van der Waals surface area contributed by atoms with Gasteiger partial charge in [0.1, 0.15) is 11.6 Å². The van der Waals surface area contributed by atoms with Gasteiger partial charge in [0.05, 0.1) is 10.3 Å². The lowest BCUT2D eigenvalue weighted by atomic mass is 10.1. The maximum atomic E-state index is 13.8. The molecule has 0 aliphatic rings. The zero-order valence-electron chi connectivity index (χ0n) is 14.3. The van der Waals surface area contributed by atoms with Crippen LogP contribution in [-0.2, 0) is 11.2 Å². The molecule has 0 aliphatic carbocycles. The molecule has 3 N–H and O–H groups in total. The van der Waals surface area contributed by atoms with Crippen LogP contribution in [0.1, 0.15) is 18.3 Å². The Bertz CT molecular complexity index is 949. The second-order valence-electron chi connectivity index (χ2n) is 5.65. The Morgan fingerprint density at radius 3 is 2.81 bits per heavy atom. The van der Waals surface area contributed by atoms with Gasteiger partial charge in [-0.3, -0.25) is 4.79 Å². The van der Waals surface area contributed by atoms with Crippen LogP contribution in [0.3, 0.4) is 0 Å². The Hall–Kier alpha value is -2.65. The van der Waals surface area contributed by atoms with Crippen molar-refractivity contribution in [1.29, 1.82) is 0 Å². The number of thioether (sulfide) groups is 1. The van der Waals surface area contributed by atoms with E-state index in [2.05, 4.69) is 20.5 Å². The third-order valence-electron chi connectivity index (χ3n) is 3.67. The normalized spacial score (nSPS) is 12.0. The Morgan fingerprint density at radius 1 is 1.33 bits per heavy atom. The van der Waals surface area contributed by atoms with E-state index in [4.69, 9.17) is 17.4 Å². The van der Waals surface area contributed by atoms with Crippen LogP contribution in [0, 0.1) is 5.82 Å². The predicted molar refractivity (Wildman–Crippen MR) is 103 cm³/mol. The largest absolute Gasteiger partial charge is 0.336 e. The van der Waals surface area contributed by atoms with Crippen LogP contribution >= 0.6 is 23.4 Å². The molecule has 140 valence electrons. The van der Waals surface area contributed by atoms with E-state index in [1.165, 1.54) is 16.9 Å². The highest BCUT2D eigenvalue weighted by Gasteiger charge is 2.20. The maximum Gasteiger partial charge on any atom is 0.238 e. The van der Waals surface area contributed by atoms with Crippen LogP contribution in [0.25, 0.3) is 0 Å². The van der Waals surface area contributed by atoms with Gasteiger partial charge in [-0.25, -0.2) is 14.1 Å². The van der Waals surface area contributed by atoms with Crippen LogP contribution in [0.2, 0.25) is 5.02 Å². The van der Waals surface area contributed by atoms with Gasteiger partial charge in [-0.2, -0.15) is 0 Å². The van der Waals surface area contributed by atoms with E-state index in [9.17, 15) is 9.18 Å². The molecule has 10 heteroatoms. The second-order valence-corrected chi connectivity index (χ2v) is 7.39. The predicted octanol–water partition coefficient (Wildman–Crippen LogP) is 2.89. The highest BCUT2D eigenvalue weighted by molar-refractivity contribution is 8.00. The smallest absolute Gasteiger partial charge is 0.238 e. The number of aromatic nitrogens is 4. The number of nitrogens with one attached hydrogen (secondary N) is 1. The molecule has 1 atom stereocenters. The lowest BCUT2D eigenvalue weighted by Gasteiger charge is -2.11. The molecule has 0 fully saturated rings. The summed E-state index contributed by atoms with van der Waals surface area (Å²) in [7, 11) is 0. The van der Waals surface area contributed by atoms with Crippen molar-refractivity contribution in [2.45, 2.75) is 23.8 Å². The summed E-state index contributed by atoms with van der Waals surface area (Å²) < 4.78 is 15.1. The van der Waals surface area contributed by atoms with Crippen molar-refractivity contribution in [3.63, 3.8) is 0 Å². The number of carbonyl (C=O) groups excluding carboxylic acids is 1. The summed E-state index contributed by atoms with van der Waals surface area (Å²) in [5.74, 6) is 6.20. The topological polar surface area (TPSA) is 98.7 Å². The first-order valence-corrected chi connectivity index (χ1v) is 9.21. The van der Waals surface area contributed by atoms with Crippen molar-refractivity contribution in [1.82, 2.24) is 19.9 Å². The first kappa shape index (κ1) is 19.1. The minimum atomic E-state index is -0.504. The molecule has 7 nitrogen and oxygen atoms in total. The number of hydrogen-bond donors (Lipinski definition) is 2. The highest BCUT2D eigenvalue weighted by atomic mass is 35.5. The number of carbonyl (C=O) groups is 1. The van der Waals surface area contributed by atoms with E-state index in [0.29, 0.717) is 27.4 Å². The number of rotatable bonds is 6. The standard InChI is InChI=1S/C17H16ClFN6OS/c1-10(16(26)22-14-7-6-12(18)9-21-14)27-17-24-23-15(25(17)20)8-11-4-2-3-5-13(11)19/h2-7,9-10H,8,20H2,1H3,(H,21,22,26)/t10-/m1/s1. The lowest BCUT2D eigenvalue weighted by molar-refractivity contribution is -0.115. The fourth-order valence-corrected chi connectivity index (χ4v) is 3.11. The van der Waals surface area contributed by atoms with Crippen molar-refractivity contribution < 1.29 is 9.18 Å². The van der Waals surface area contributed by atoms with Crippen molar-refractivity contribution in [2.75, 3.05) is 11.2 Å². The molecule has 0 aliphatic heterocycles. The van der Waals surface area contributed by atoms with Crippen molar-refractivity contribution in [3.05, 3.63) is 64.8 Å². The molecule has 0 unspecified atom stereocenters. The fraction of sp³-hybridized carbons (Fsp3) is 0.176. The zero-order chi connectivity index (χ0) is 19.4. The zero-order valence-corrected chi connectivity index (χ0v) is 15.8. The number of amides is 1. The van der Waals surface area contributed by atoms with Gasteiger partial charge in [0.2, 0.25) is 11.1 Å². The average Bonchev–Trinajstić information content (AvgIpc) is 2.99. The first-order chi connectivity index (χ1) is 12.9. The lowest BCUT2D eigenvalue weighted by Crippen LogP contribution is -2.24. The van der Waals surface area contributed by atoms with E-state index in [0.717, 1.165) is 11.8 Å². The van der Waals surface area contributed by atoms with Crippen LogP contribution in [0.4, 0.5) is 10.2 Å². The summed E-state index contributed by atoms with van der Waals surface area (Å²) in [6.45, 7) is 1.71. The number of nitrogens with zero attached hydrogens (tertiary/aromatic N) is 4. The van der Waals surface area contributed by atoms with Crippen LogP contribution in [-0.4, -0.2) is 31.0 Å². The van der Waals surface area contributed by atoms with E-state index in [1.54, 1.807) is 37.3 Å². The number of nitrogens with two attached hydrogens (primary N) is 1. The molecule has 0 saturated heterocycles. The summed E-state index contributed by atoms with van der Waals surface area (Å²) in [5.41, 5.74) is 0.466. The molecule has 0 bridgehead atoms. The number of hydrogen-bond acceptors (Lipinski definition) is 6. The fourth-order valence-electron chi connectivity index (χ4n) is 2.21. The van der Waals surface area contributed by atoms with Crippen molar-refractivity contribution in [2.24, 2.45) is 0 Å². The molecule has 1 amide bonds. The summed E-state index contributed by atoms with van der Waals surface area (Å²) in [5, 5.41) is 11.0. The van der Waals surface area contributed by atoms with Crippen LogP contribution in [0.15, 0.2) is 47.8 Å². The van der Waals surface area contributed by atoms with Crippen LogP contribution < -0.4 is 11.2 Å². The van der Waals surface area contributed by atoms with Crippen molar-refractivity contribution >= 4 is 35.1 Å². The molecule has 2 aromatic heterocycles. The molecule has 0 saturated carbocycles. The third-order valence-corrected chi connectivity index (χ3v) is 4.95. The third kappa shape index (κ3) is 4.75. The van der Waals surface area contributed by atoms with Gasteiger partial charge < -0.3 is 11.2 Å². The molecule has 0 spiro atoms. The van der Waals surface area contributed by atoms with Crippen LogP contribution in [0.5, 0.6) is 0 Å². The average molecular weight is 407 g/mol. The van der Waals surface area contributed by atoms with E-state index in [1.807, 2.05) is 0 Å². The van der Waals surface area contributed by atoms with Gasteiger partial charge >= 0.3 is 0 Å². The van der Waals surface area contributed by atoms with E-state index >= 15 is 0 Å². The SMILES string of the molecule is C[C@@H](Sc1nnc(Cc2ccccc2F)n1N)C(=O)Nc1ccc(Cl)cn1. The highest BCUT2D eigenvalue weighted by Crippen LogP contribution is 2.23. The molecule has 0 radical (unpaired) electrons. The van der Waals surface area contributed by atoms with Gasteiger partial charge in [-0.05, 0) is 30.7 Å². The van der Waals surface area contributed by atoms with Gasteiger partial charge in [-0.15, -0.1) is 10.2 Å². The number of pyridine rings is 1. The molecular formula is C17H16ClFN6OS. The van der Waals surface area contributed by atoms with Crippen molar-refractivity contribution in [3.8, 4) is 0 Å². The summed E-state index contributed by atoms with van der Waals surface area (Å²) in [6, 6.07) is 9.63. The molecule has 3 aromatic rings. The molecule has 3 rings (SSSR count). The van der Waals surface area contributed by atoms with Gasteiger partial charge in [0.15, 0.2) is 5.82 Å². The number of nitrogen functional groups attached to an aromatic ring is 1. The summed E-state index contributed by atoms with van der Waals surface area (Å²) >= 11 is 6.91. The Kier molecular flexibility index (Phi) is 5.92. The first-order valence-electron chi connectivity index (χ1n) is 7.96. The van der Waals surface area contributed by atoms with E-state index < -0.39 is 5.25 Å². The van der Waals surface area contributed by atoms with Gasteiger partial charge in [0, 0.05) is 12.6 Å². The number of anilines is 1. The van der Waals surface area contributed by atoms with E-state index in [-0.39, 0.29) is 18.1 Å². The molecule has 27 heavy (non-hydrogen) atoms. The maximum absolute atomic E-state index is 13.8. The quantitative estimate of drug-likeness (QED) is 0.482. The Morgan fingerprint density at radius 2 is 2.11 bits per heavy atom. The minimum absolute atomic E-state index is 0.200. The summed E-state index contributed by atoms with van der Waals surface area (Å²) in [4.78, 5) is 16.3. The number of benzene rings is 1. The Balaban J connectivity index is 1.65. The number of halogens is 2.